The summed E-state index contributed by atoms with van der Waals surface area (Å²) in [4.78, 5) is 9.88. The summed E-state index contributed by atoms with van der Waals surface area (Å²) in [7, 11) is 0. The monoisotopic (exact) mass is 211 g/mol. The Hall–Kier alpha value is -1.62. The average Bonchev–Trinajstić information content (AvgIpc) is 2.26. The van der Waals surface area contributed by atoms with E-state index in [1.165, 1.54) is 24.3 Å². The minimum Gasteiger partial charge on any atom is -0.491 e. The molecular weight excluding hydrogens is 198 g/mol. The standard InChI is InChI=1S/C10H13NO4/c1-2-9(12)7-15-10-5-3-8(4-6-10)11(13)14/h3-6,9,12H,2,7H2,1H3/t9-/m1/s1. The Bertz CT molecular complexity index is 323. The molecule has 0 saturated carbocycles. The van der Waals surface area contributed by atoms with Gasteiger partial charge in [0.2, 0.25) is 0 Å². The van der Waals surface area contributed by atoms with Gasteiger partial charge in [0.05, 0.1) is 11.0 Å². The molecule has 1 rings (SSSR count). The predicted octanol–water partition coefficient (Wildman–Crippen LogP) is 1.74. The normalized spacial score (nSPS) is 12.1. The van der Waals surface area contributed by atoms with E-state index in [0.29, 0.717) is 12.2 Å². The lowest BCUT2D eigenvalue weighted by atomic mass is 10.3. The molecule has 0 aromatic heterocycles. The quantitative estimate of drug-likeness (QED) is 0.594. The Kier molecular flexibility index (Phi) is 4.05. The maximum Gasteiger partial charge on any atom is 0.269 e. The van der Waals surface area contributed by atoms with E-state index in [2.05, 4.69) is 0 Å². The molecule has 0 aliphatic rings. The van der Waals surface area contributed by atoms with Gasteiger partial charge < -0.3 is 9.84 Å². The largest absolute Gasteiger partial charge is 0.491 e. The van der Waals surface area contributed by atoms with E-state index < -0.39 is 11.0 Å². The van der Waals surface area contributed by atoms with E-state index in [4.69, 9.17) is 4.74 Å². The van der Waals surface area contributed by atoms with Crippen LogP contribution in [-0.4, -0.2) is 22.7 Å². The fourth-order valence-corrected chi connectivity index (χ4v) is 0.974. The SMILES string of the molecule is CC[C@@H](O)COc1ccc([N+](=O)[O-])cc1. The first-order valence-electron chi connectivity index (χ1n) is 4.68. The molecule has 1 N–H and O–H groups in total. The Balaban J connectivity index is 2.53. The second kappa shape index (κ2) is 5.31. The molecule has 0 aliphatic heterocycles. The molecule has 0 heterocycles. The fourth-order valence-electron chi connectivity index (χ4n) is 0.974. The summed E-state index contributed by atoms with van der Waals surface area (Å²) in [5.74, 6) is 0.521. The molecule has 15 heavy (non-hydrogen) atoms. The van der Waals surface area contributed by atoms with Crippen LogP contribution in [0.25, 0.3) is 0 Å². The third-order valence-electron chi connectivity index (χ3n) is 1.96. The zero-order valence-corrected chi connectivity index (χ0v) is 8.42. The van der Waals surface area contributed by atoms with Gasteiger partial charge in [-0.25, -0.2) is 0 Å². The summed E-state index contributed by atoms with van der Waals surface area (Å²) < 4.78 is 5.22. The first-order valence-corrected chi connectivity index (χ1v) is 4.68. The number of benzene rings is 1. The zero-order chi connectivity index (χ0) is 11.3. The minimum absolute atomic E-state index is 0.0263. The maximum atomic E-state index is 10.3. The lowest BCUT2D eigenvalue weighted by Crippen LogP contribution is -2.15. The summed E-state index contributed by atoms with van der Waals surface area (Å²) >= 11 is 0. The van der Waals surface area contributed by atoms with Crippen LogP contribution in [0.15, 0.2) is 24.3 Å². The number of nitrogens with zero attached hydrogens (tertiary/aromatic N) is 1. The van der Waals surface area contributed by atoms with Crippen LogP contribution in [0.1, 0.15) is 13.3 Å². The van der Waals surface area contributed by atoms with Crippen molar-refractivity contribution in [2.45, 2.75) is 19.4 Å². The van der Waals surface area contributed by atoms with Crippen LogP contribution in [0.4, 0.5) is 5.69 Å². The van der Waals surface area contributed by atoms with Crippen LogP contribution < -0.4 is 4.74 Å². The number of aliphatic hydroxyl groups is 1. The lowest BCUT2D eigenvalue weighted by molar-refractivity contribution is -0.384. The van der Waals surface area contributed by atoms with Gasteiger partial charge in [0.1, 0.15) is 12.4 Å². The van der Waals surface area contributed by atoms with Crippen LogP contribution in [0.5, 0.6) is 5.75 Å². The minimum atomic E-state index is -0.500. The predicted molar refractivity (Wildman–Crippen MR) is 54.9 cm³/mol. The van der Waals surface area contributed by atoms with E-state index in [1.807, 2.05) is 6.92 Å². The number of aliphatic hydroxyl groups excluding tert-OH is 1. The van der Waals surface area contributed by atoms with Gasteiger partial charge in [-0.15, -0.1) is 0 Å². The smallest absolute Gasteiger partial charge is 0.269 e. The van der Waals surface area contributed by atoms with Crippen molar-refractivity contribution in [3.05, 3.63) is 34.4 Å². The van der Waals surface area contributed by atoms with Crippen molar-refractivity contribution in [2.75, 3.05) is 6.61 Å². The molecule has 1 aromatic rings. The van der Waals surface area contributed by atoms with Crippen molar-refractivity contribution >= 4 is 5.69 Å². The number of nitro groups is 1. The molecule has 0 spiro atoms. The van der Waals surface area contributed by atoms with Gasteiger partial charge in [0.25, 0.3) is 5.69 Å². The zero-order valence-electron chi connectivity index (χ0n) is 8.42. The van der Waals surface area contributed by atoms with Gasteiger partial charge >= 0.3 is 0 Å². The molecule has 0 radical (unpaired) electrons. The van der Waals surface area contributed by atoms with Crippen molar-refractivity contribution in [3.8, 4) is 5.75 Å². The van der Waals surface area contributed by atoms with Gasteiger partial charge in [-0.2, -0.15) is 0 Å². The number of ether oxygens (including phenoxy) is 1. The Morgan fingerprint density at radius 1 is 1.47 bits per heavy atom. The molecule has 0 amide bonds. The number of non-ortho nitro benzene ring substituents is 1. The molecule has 0 aliphatic carbocycles. The summed E-state index contributed by atoms with van der Waals surface area (Å²) in [6, 6.07) is 5.77. The highest BCUT2D eigenvalue weighted by molar-refractivity contribution is 5.35. The van der Waals surface area contributed by atoms with Crippen LogP contribution in [-0.2, 0) is 0 Å². The first-order chi connectivity index (χ1) is 7.13. The van der Waals surface area contributed by atoms with Crippen molar-refractivity contribution in [2.24, 2.45) is 0 Å². The molecule has 0 saturated heterocycles. The lowest BCUT2D eigenvalue weighted by Gasteiger charge is -2.09. The summed E-state index contributed by atoms with van der Waals surface area (Å²) in [5.41, 5.74) is 0.0263. The summed E-state index contributed by atoms with van der Waals surface area (Å²) in [6.07, 6.45) is 0.118. The fraction of sp³-hybridized carbons (Fsp3) is 0.400. The van der Waals surface area contributed by atoms with Crippen LogP contribution in [0, 0.1) is 10.1 Å². The highest BCUT2D eigenvalue weighted by atomic mass is 16.6. The number of hydrogen-bond acceptors (Lipinski definition) is 4. The molecular formula is C10H13NO4. The summed E-state index contributed by atoms with van der Waals surface area (Å²) in [5, 5.41) is 19.6. The molecule has 82 valence electrons. The van der Waals surface area contributed by atoms with E-state index >= 15 is 0 Å². The van der Waals surface area contributed by atoms with E-state index in [0.717, 1.165) is 0 Å². The van der Waals surface area contributed by atoms with E-state index in [9.17, 15) is 15.2 Å². The van der Waals surface area contributed by atoms with Gasteiger partial charge in [0.15, 0.2) is 0 Å². The van der Waals surface area contributed by atoms with Gasteiger partial charge in [-0.1, -0.05) is 6.92 Å². The molecule has 1 atom stereocenters. The number of hydrogen-bond donors (Lipinski definition) is 1. The molecule has 0 unspecified atom stereocenters. The Morgan fingerprint density at radius 2 is 2.07 bits per heavy atom. The van der Waals surface area contributed by atoms with Crippen molar-refractivity contribution in [1.29, 1.82) is 0 Å². The summed E-state index contributed by atoms with van der Waals surface area (Å²) in [6.45, 7) is 2.05. The van der Waals surface area contributed by atoms with Crippen LogP contribution in [0.2, 0.25) is 0 Å². The second-order valence-electron chi connectivity index (χ2n) is 3.12. The second-order valence-corrected chi connectivity index (χ2v) is 3.12. The topological polar surface area (TPSA) is 72.6 Å². The van der Waals surface area contributed by atoms with Crippen molar-refractivity contribution < 1.29 is 14.8 Å². The Labute approximate surface area is 87.5 Å². The highest BCUT2D eigenvalue weighted by Crippen LogP contribution is 2.17. The van der Waals surface area contributed by atoms with Crippen molar-refractivity contribution in [1.82, 2.24) is 0 Å². The van der Waals surface area contributed by atoms with E-state index in [-0.39, 0.29) is 12.3 Å². The third kappa shape index (κ3) is 3.55. The average molecular weight is 211 g/mol. The van der Waals surface area contributed by atoms with Crippen molar-refractivity contribution in [3.63, 3.8) is 0 Å². The molecule has 5 nitrogen and oxygen atoms in total. The third-order valence-corrected chi connectivity index (χ3v) is 1.96. The number of nitro benzene ring substituents is 1. The number of rotatable bonds is 5. The molecule has 0 bridgehead atoms. The first kappa shape index (κ1) is 11.5. The maximum absolute atomic E-state index is 10.3. The molecule has 0 fully saturated rings. The molecule has 5 heteroatoms. The van der Waals surface area contributed by atoms with Gasteiger partial charge in [-0.05, 0) is 18.6 Å². The van der Waals surface area contributed by atoms with Gasteiger partial charge in [0, 0.05) is 12.1 Å². The molecule has 1 aromatic carbocycles. The highest BCUT2D eigenvalue weighted by Gasteiger charge is 2.05. The van der Waals surface area contributed by atoms with E-state index in [1.54, 1.807) is 0 Å². The van der Waals surface area contributed by atoms with Crippen LogP contribution in [0.3, 0.4) is 0 Å². The van der Waals surface area contributed by atoms with Crippen LogP contribution >= 0.6 is 0 Å². The van der Waals surface area contributed by atoms with Gasteiger partial charge in [-0.3, -0.25) is 10.1 Å². The Morgan fingerprint density at radius 3 is 2.53 bits per heavy atom.